The van der Waals surface area contributed by atoms with E-state index in [0.29, 0.717) is 5.41 Å². The van der Waals surface area contributed by atoms with Gasteiger partial charge in [-0.25, -0.2) is 0 Å². The van der Waals surface area contributed by atoms with E-state index in [0.717, 1.165) is 0 Å². The van der Waals surface area contributed by atoms with Crippen molar-refractivity contribution in [2.45, 2.75) is 19.3 Å². The maximum absolute atomic E-state index is 3.52. The molecular formula is C13H20N2S. The molecule has 3 heterocycles. The normalized spacial score (nSPS) is 30.5. The molecule has 2 saturated heterocycles. The molecule has 0 radical (unpaired) electrons. The van der Waals surface area contributed by atoms with E-state index in [1.54, 1.807) is 0 Å². The first-order chi connectivity index (χ1) is 7.86. The molecule has 3 heteroatoms. The van der Waals surface area contributed by atoms with Crippen molar-refractivity contribution in [1.29, 1.82) is 0 Å². The lowest BCUT2D eigenvalue weighted by molar-refractivity contribution is 0.277. The SMILES string of the molecule is c1csc(CCN2CCC3(CCNC3)C2)c1. The molecule has 16 heavy (non-hydrogen) atoms. The van der Waals surface area contributed by atoms with Crippen LogP contribution in [0.2, 0.25) is 0 Å². The lowest BCUT2D eigenvalue weighted by Crippen LogP contribution is -2.30. The van der Waals surface area contributed by atoms with Gasteiger partial charge in [-0.1, -0.05) is 6.07 Å². The Kier molecular flexibility index (Phi) is 3.01. The van der Waals surface area contributed by atoms with Crippen molar-refractivity contribution in [3.63, 3.8) is 0 Å². The molecule has 2 nitrogen and oxygen atoms in total. The molecule has 2 aliphatic heterocycles. The lowest BCUT2D eigenvalue weighted by atomic mass is 9.87. The molecule has 1 spiro atoms. The van der Waals surface area contributed by atoms with Gasteiger partial charge in [0.25, 0.3) is 0 Å². The van der Waals surface area contributed by atoms with Crippen LogP contribution in [-0.2, 0) is 6.42 Å². The zero-order valence-electron chi connectivity index (χ0n) is 9.74. The molecule has 1 unspecified atom stereocenters. The van der Waals surface area contributed by atoms with Crippen molar-refractivity contribution >= 4 is 11.3 Å². The maximum atomic E-state index is 3.52. The summed E-state index contributed by atoms with van der Waals surface area (Å²) in [4.78, 5) is 4.19. The van der Waals surface area contributed by atoms with Gasteiger partial charge in [0.05, 0.1) is 0 Å². The molecular weight excluding hydrogens is 216 g/mol. The summed E-state index contributed by atoms with van der Waals surface area (Å²) in [5.74, 6) is 0. The average molecular weight is 236 g/mol. The third-order valence-corrected chi connectivity index (χ3v) is 5.04. The molecule has 0 aliphatic carbocycles. The fourth-order valence-corrected chi connectivity index (χ4v) is 3.78. The molecule has 88 valence electrons. The minimum absolute atomic E-state index is 0.634. The highest BCUT2D eigenvalue weighted by Crippen LogP contribution is 2.35. The van der Waals surface area contributed by atoms with Gasteiger partial charge in [-0.05, 0) is 49.2 Å². The number of likely N-dealkylation sites (tertiary alicyclic amines) is 1. The van der Waals surface area contributed by atoms with E-state index in [9.17, 15) is 0 Å². The maximum Gasteiger partial charge on any atom is 0.00579 e. The molecule has 1 aromatic heterocycles. The Morgan fingerprint density at radius 3 is 3.19 bits per heavy atom. The van der Waals surface area contributed by atoms with Gasteiger partial charge in [-0.15, -0.1) is 11.3 Å². The van der Waals surface area contributed by atoms with Gasteiger partial charge in [0.15, 0.2) is 0 Å². The second-order valence-corrected chi connectivity index (χ2v) is 6.31. The van der Waals surface area contributed by atoms with Gasteiger partial charge < -0.3 is 10.2 Å². The lowest BCUT2D eigenvalue weighted by Gasteiger charge is -2.22. The van der Waals surface area contributed by atoms with Gasteiger partial charge in [0, 0.05) is 24.5 Å². The van der Waals surface area contributed by atoms with Crippen molar-refractivity contribution in [1.82, 2.24) is 10.2 Å². The van der Waals surface area contributed by atoms with Gasteiger partial charge in [-0.3, -0.25) is 0 Å². The second kappa shape index (κ2) is 4.47. The van der Waals surface area contributed by atoms with Crippen LogP contribution in [0.15, 0.2) is 17.5 Å². The zero-order valence-corrected chi connectivity index (χ0v) is 10.6. The quantitative estimate of drug-likeness (QED) is 0.863. The first-order valence-corrected chi connectivity index (χ1v) is 7.20. The average Bonchev–Trinajstić information content (AvgIpc) is 3.01. The molecule has 0 saturated carbocycles. The van der Waals surface area contributed by atoms with Crippen LogP contribution in [0.4, 0.5) is 0 Å². The predicted molar refractivity (Wildman–Crippen MR) is 69.0 cm³/mol. The summed E-state index contributed by atoms with van der Waals surface area (Å²) in [6.45, 7) is 6.38. The highest BCUT2D eigenvalue weighted by atomic mass is 32.1. The van der Waals surface area contributed by atoms with Crippen molar-refractivity contribution < 1.29 is 0 Å². The number of hydrogen-bond acceptors (Lipinski definition) is 3. The molecule has 1 aromatic rings. The largest absolute Gasteiger partial charge is 0.316 e. The fourth-order valence-electron chi connectivity index (χ4n) is 3.09. The van der Waals surface area contributed by atoms with Gasteiger partial charge in [-0.2, -0.15) is 0 Å². The number of hydrogen-bond donors (Lipinski definition) is 1. The highest BCUT2D eigenvalue weighted by molar-refractivity contribution is 7.09. The molecule has 2 aliphatic rings. The minimum atomic E-state index is 0.634. The number of nitrogens with zero attached hydrogens (tertiary/aromatic N) is 1. The first kappa shape index (κ1) is 10.8. The molecule has 1 atom stereocenters. The number of thiophene rings is 1. The van der Waals surface area contributed by atoms with Crippen LogP contribution in [0, 0.1) is 5.41 Å². The van der Waals surface area contributed by atoms with Crippen LogP contribution in [0.3, 0.4) is 0 Å². The summed E-state index contributed by atoms with van der Waals surface area (Å²) < 4.78 is 0. The molecule has 0 amide bonds. The monoisotopic (exact) mass is 236 g/mol. The number of rotatable bonds is 3. The van der Waals surface area contributed by atoms with E-state index >= 15 is 0 Å². The summed E-state index contributed by atoms with van der Waals surface area (Å²) in [6, 6.07) is 4.42. The van der Waals surface area contributed by atoms with Crippen LogP contribution < -0.4 is 5.32 Å². The van der Waals surface area contributed by atoms with E-state index in [1.165, 1.54) is 56.9 Å². The van der Waals surface area contributed by atoms with Crippen molar-refractivity contribution in [2.24, 2.45) is 5.41 Å². The summed E-state index contributed by atoms with van der Waals surface area (Å²) in [5.41, 5.74) is 0.634. The summed E-state index contributed by atoms with van der Waals surface area (Å²) in [7, 11) is 0. The van der Waals surface area contributed by atoms with E-state index in [4.69, 9.17) is 0 Å². The highest BCUT2D eigenvalue weighted by Gasteiger charge is 2.39. The Morgan fingerprint density at radius 1 is 1.44 bits per heavy atom. The van der Waals surface area contributed by atoms with Crippen molar-refractivity contribution in [3.8, 4) is 0 Å². The molecule has 0 aromatic carbocycles. The third kappa shape index (κ3) is 2.17. The molecule has 3 rings (SSSR count). The van der Waals surface area contributed by atoms with Gasteiger partial charge >= 0.3 is 0 Å². The van der Waals surface area contributed by atoms with Crippen LogP contribution in [0.5, 0.6) is 0 Å². The first-order valence-electron chi connectivity index (χ1n) is 6.32. The second-order valence-electron chi connectivity index (χ2n) is 5.28. The third-order valence-electron chi connectivity index (χ3n) is 4.10. The van der Waals surface area contributed by atoms with Crippen molar-refractivity contribution in [2.75, 3.05) is 32.7 Å². The van der Waals surface area contributed by atoms with Crippen LogP contribution in [0.1, 0.15) is 17.7 Å². The Labute approximate surface area is 102 Å². The number of nitrogens with one attached hydrogen (secondary N) is 1. The van der Waals surface area contributed by atoms with E-state index in [-0.39, 0.29) is 0 Å². The Morgan fingerprint density at radius 2 is 2.44 bits per heavy atom. The van der Waals surface area contributed by atoms with Crippen LogP contribution in [-0.4, -0.2) is 37.6 Å². The summed E-state index contributed by atoms with van der Waals surface area (Å²) >= 11 is 1.89. The topological polar surface area (TPSA) is 15.3 Å². The van der Waals surface area contributed by atoms with E-state index in [2.05, 4.69) is 27.7 Å². The van der Waals surface area contributed by atoms with Crippen LogP contribution in [0.25, 0.3) is 0 Å². The Bertz CT molecular complexity index is 328. The minimum Gasteiger partial charge on any atom is -0.316 e. The smallest absolute Gasteiger partial charge is 0.00579 e. The van der Waals surface area contributed by atoms with Gasteiger partial charge in [0.2, 0.25) is 0 Å². The zero-order chi connectivity index (χ0) is 10.8. The molecule has 1 N–H and O–H groups in total. The van der Waals surface area contributed by atoms with Crippen LogP contribution >= 0.6 is 11.3 Å². The fraction of sp³-hybridized carbons (Fsp3) is 0.692. The summed E-state index contributed by atoms with van der Waals surface area (Å²) in [5, 5.41) is 5.70. The van der Waals surface area contributed by atoms with E-state index in [1.807, 2.05) is 11.3 Å². The Balaban J connectivity index is 1.50. The summed E-state index contributed by atoms with van der Waals surface area (Å²) in [6.07, 6.45) is 4.04. The van der Waals surface area contributed by atoms with Crippen molar-refractivity contribution in [3.05, 3.63) is 22.4 Å². The van der Waals surface area contributed by atoms with E-state index < -0.39 is 0 Å². The molecule has 0 bridgehead atoms. The molecule has 2 fully saturated rings. The standard InChI is InChI=1S/C13H20N2S/c1-2-12(16-9-1)3-7-15-8-5-13(11-15)4-6-14-10-13/h1-2,9,14H,3-8,10-11H2. The predicted octanol–water partition coefficient (Wildman–Crippen LogP) is 1.98. The van der Waals surface area contributed by atoms with Gasteiger partial charge in [0.1, 0.15) is 0 Å². The Hall–Kier alpha value is -0.380.